The molecule has 1 aliphatic rings. The van der Waals surface area contributed by atoms with Gasteiger partial charge in [-0.05, 0) is 0 Å². The molecule has 2 atom stereocenters. The van der Waals surface area contributed by atoms with Crippen molar-refractivity contribution >= 4 is 16.3 Å². The maximum absolute atomic E-state index is 12.6. The minimum absolute atomic E-state index is 0.691. The van der Waals surface area contributed by atoms with E-state index in [1.807, 2.05) is 0 Å². The van der Waals surface area contributed by atoms with Crippen LogP contribution in [0.4, 0.5) is 9.18 Å². The lowest BCUT2D eigenvalue weighted by Crippen LogP contribution is -2.26. The number of halogens is 1. The van der Waals surface area contributed by atoms with Crippen LogP contribution >= 0.6 is 0 Å². The van der Waals surface area contributed by atoms with Crippen LogP contribution in [-0.4, -0.2) is 39.9 Å². The minimum atomic E-state index is -3.91. The van der Waals surface area contributed by atoms with Gasteiger partial charge < -0.3 is 9.47 Å². The number of methoxy groups -OCH3 is 1. The van der Waals surface area contributed by atoms with E-state index in [1.165, 1.54) is 0 Å². The summed E-state index contributed by atoms with van der Waals surface area (Å²) in [4.78, 5) is 10.5. The fourth-order valence-corrected chi connectivity index (χ4v) is 1.88. The molecule has 0 bridgehead atoms. The molecular weight excluding hydrogens is 207 g/mol. The molecule has 13 heavy (non-hydrogen) atoms. The third-order valence-corrected chi connectivity index (χ3v) is 2.53. The Morgan fingerprint density at radius 2 is 2.23 bits per heavy atom. The second-order valence-corrected chi connectivity index (χ2v) is 3.92. The Hall–Kier alpha value is -0.890. The summed E-state index contributed by atoms with van der Waals surface area (Å²) in [5.41, 5.74) is 0. The Labute approximate surface area is 73.7 Å². The predicted octanol–water partition coefficient (Wildman–Crippen LogP) is -0.206. The standard InChI is InChI=1S/C5H7FO6S/c1-10-5(7)11-3-2-13(8,9)12-4(3)6/h3-4H,2H2,1H3. The van der Waals surface area contributed by atoms with Crippen molar-refractivity contribution in [1.82, 2.24) is 0 Å². The summed E-state index contributed by atoms with van der Waals surface area (Å²) in [6, 6.07) is 0. The number of carbonyl (C=O) groups excluding carboxylic acids is 1. The predicted molar refractivity (Wildman–Crippen MR) is 37.0 cm³/mol. The fourth-order valence-electron chi connectivity index (χ4n) is 0.777. The summed E-state index contributed by atoms with van der Waals surface area (Å²) in [6.45, 7) is 0. The number of ether oxygens (including phenoxy) is 2. The second-order valence-electron chi connectivity index (χ2n) is 2.28. The molecule has 0 aliphatic carbocycles. The first-order chi connectivity index (χ1) is 5.94. The van der Waals surface area contributed by atoms with Crippen LogP contribution in [0.15, 0.2) is 0 Å². The van der Waals surface area contributed by atoms with E-state index in [1.54, 1.807) is 0 Å². The molecular formula is C5H7FO6S. The van der Waals surface area contributed by atoms with Crippen LogP contribution < -0.4 is 0 Å². The number of rotatable bonds is 1. The topological polar surface area (TPSA) is 78.9 Å². The van der Waals surface area contributed by atoms with Crippen LogP contribution in [0.5, 0.6) is 0 Å². The van der Waals surface area contributed by atoms with E-state index >= 15 is 0 Å². The average molecular weight is 214 g/mol. The van der Waals surface area contributed by atoms with E-state index in [-0.39, 0.29) is 0 Å². The van der Waals surface area contributed by atoms with E-state index in [0.29, 0.717) is 0 Å². The molecule has 0 N–H and O–H groups in total. The Kier molecular flexibility index (Phi) is 2.71. The summed E-state index contributed by atoms with van der Waals surface area (Å²) in [6.07, 6.45) is -4.74. The molecule has 0 aromatic carbocycles. The van der Waals surface area contributed by atoms with Crippen LogP contribution in [0.2, 0.25) is 0 Å². The summed E-state index contributed by atoms with van der Waals surface area (Å²) >= 11 is 0. The highest BCUT2D eigenvalue weighted by Gasteiger charge is 2.42. The van der Waals surface area contributed by atoms with Gasteiger partial charge in [0, 0.05) is 0 Å². The first-order valence-electron chi connectivity index (χ1n) is 3.24. The van der Waals surface area contributed by atoms with Gasteiger partial charge >= 0.3 is 6.16 Å². The zero-order chi connectivity index (χ0) is 10.1. The molecule has 0 aromatic heterocycles. The number of carbonyl (C=O) groups is 1. The van der Waals surface area contributed by atoms with Crippen molar-refractivity contribution in [3.63, 3.8) is 0 Å². The molecule has 2 unspecified atom stereocenters. The molecule has 8 heteroatoms. The highest BCUT2D eigenvalue weighted by Crippen LogP contribution is 2.20. The highest BCUT2D eigenvalue weighted by atomic mass is 32.2. The summed E-state index contributed by atoms with van der Waals surface area (Å²) in [7, 11) is -2.88. The van der Waals surface area contributed by atoms with E-state index in [2.05, 4.69) is 13.7 Å². The van der Waals surface area contributed by atoms with Crippen molar-refractivity contribution in [2.75, 3.05) is 12.9 Å². The molecule has 0 radical (unpaired) electrons. The average Bonchev–Trinajstić information content (AvgIpc) is 2.24. The highest BCUT2D eigenvalue weighted by molar-refractivity contribution is 7.87. The van der Waals surface area contributed by atoms with Gasteiger partial charge in [-0.3, -0.25) is 0 Å². The first-order valence-corrected chi connectivity index (χ1v) is 4.82. The quantitative estimate of drug-likeness (QED) is 0.444. The third-order valence-electron chi connectivity index (χ3n) is 1.31. The van der Waals surface area contributed by atoms with Gasteiger partial charge in [-0.25, -0.2) is 13.4 Å². The van der Waals surface area contributed by atoms with Gasteiger partial charge in [0.2, 0.25) is 0 Å². The van der Waals surface area contributed by atoms with Crippen molar-refractivity contribution in [3.8, 4) is 0 Å². The van der Waals surface area contributed by atoms with Gasteiger partial charge in [0.05, 0.1) is 7.11 Å². The lowest BCUT2D eigenvalue weighted by Gasteiger charge is -2.08. The van der Waals surface area contributed by atoms with E-state index < -0.39 is 34.5 Å². The monoisotopic (exact) mass is 214 g/mol. The minimum Gasteiger partial charge on any atom is -0.438 e. The van der Waals surface area contributed by atoms with Gasteiger partial charge in [-0.1, -0.05) is 0 Å². The van der Waals surface area contributed by atoms with E-state index in [0.717, 1.165) is 7.11 Å². The first kappa shape index (κ1) is 10.2. The molecule has 0 amide bonds. The molecule has 1 saturated heterocycles. The maximum atomic E-state index is 12.6. The Morgan fingerprint density at radius 3 is 2.62 bits per heavy atom. The van der Waals surface area contributed by atoms with Crippen molar-refractivity contribution in [1.29, 1.82) is 0 Å². The van der Waals surface area contributed by atoms with Crippen molar-refractivity contribution in [2.24, 2.45) is 0 Å². The van der Waals surface area contributed by atoms with Gasteiger partial charge in [0.25, 0.3) is 16.5 Å². The molecule has 6 nitrogen and oxygen atoms in total. The fraction of sp³-hybridized carbons (Fsp3) is 0.800. The van der Waals surface area contributed by atoms with Crippen molar-refractivity contribution < 1.29 is 31.3 Å². The molecule has 0 aromatic rings. The lowest BCUT2D eigenvalue weighted by molar-refractivity contribution is -0.0390. The van der Waals surface area contributed by atoms with Gasteiger partial charge in [-0.15, -0.1) is 0 Å². The van der Waals surface area contributed by atoms with Gasteiger partial charge in [0.1, 0.15) is 5.75 Å². The van der Waals surface area contributed by atoms with Gasteiger partial charge in [-0.2, -0.15) is 8.42 Å². The Balaban J connectivity index is 2.59. The maximum Gasteiger partial charge on any atom is 0.508 e. The Morgan fingerprint density at radius 1 is 1.62 bits per heavy atom. The molecule has 1 rings (SSSR count). The largest absolute Gasteiger partial charge is 0.508 e. The van der Waals surface area contributed by atoms with Crippen LogP contribution in [-0.2, 0) is 23.8 Å². The van der Waals surface area contributed by atoms with Crippen LogP contribution in [0, 0.1) is 0 Å². The molecule has 0 saturated carbocycles. The third kappa shape index (κ3) is 2.52. The van der Waals surface area contributed by atoms with Crippen LogP contribution in [0.3, 0.4) is 0 Å². The second kappa shape index (κ2) is 3.46. The summed E-state index contributed by atoms with van der Waals surface area (Å²) in [5, 5.41) is 0. The number of hydrogen-bond donors (Lipinski definition) is 0. The zero-order valence-electron chi connectivity index (χ0n) is 6.60. The van der Waals surface area contributed by atoms with Crippen LogP contribution in [0.1, 0.15) is 0 Å². The van der Waals surface area contributed by atoms with Crippen LogP contribution in [0.25, 0.3) is 0 Å². The summed E-state index contributed by atoms with van der Waals surface area (Å²) < 4.78 is 46.1. The van der Waals surface area contributed by atoms with Crippen molar-refractivity contribution in [3.05, 3.63) is 0 Å². The number of hydrogen-bond acceptors (Lipinski definition) is 6. The molecule has 76 valence electrons. The number of alkyl halides is 1. The lowest BCUT2D eigenvalue weighted by atomic mass is 10.4. The molecule has 1 fully saturated rings. The van der Waals surface area contributed by atoms with Crippen molar-refractivity contribution in [2.45, 2.75) is 12.5 Å². The van der Waals surface area contributed by atoms with E-state index in [4.69, 9.17) is 0 Å². The van der Waals surface area contributed by atoms with Gasteiger partial charge in [0.15, 0.2) is 6.10 Å². The SMILES string of the molecule is COC(=O)OC1CS(=O)(=O)OC1F. The zero-order valence-corrected chi connectivity index (χ0v) is 7.41. The normalized spacial score (nSPS) is 31.2. The molecule has 0 spiro atoms. The summed E-state index contributed by atoms with van der Waals surface area (Å²) in [5.74, 6) is -0.691. The van der Waals surface area contributed by atoms with E-state index in [9.17, 15) is 17.6 Å². The molecule has 1 heterocycles. The molecule has 1 aliphatic heterocycles. The Bertz CT molecular complexity index is 298. The smallest absolute Gasteiger partial charge is 0.438 e.